The zero-order chi connectivity index (χ0) is 14.5. The van der Waals surface area contributed by atoms with Gasteiger partial charge < -0.3 is 15.3 Å². The van der Waals surface area contributed by atoms with Crippen molar-refractivity contribution < 1.29 is 14.3 Å². The molecule has 1 aliphatic rings. The maximum absolute atomic E-state index is 12.8. The maximum Gasteiger partial charge on any atom is 0.317 e. The molecule has 1 aliphatic carbocycles. The quantitative estimate of drug-likeness (QED) is 0.892. The largest absolute Gasteiger partial charge is 0.393 e. The first-order valence-corrected chi connectivity index (χ1v) is 6.98. The summed E-state index contributed by atoms with van der Waals surface area (Å²) in [4.78, 5) is 13.6. The molecule has 0 spiro atoms. The van der Waals surface area contributed by atoms with Gasteiger partial charge in [-0.15, -0.1) is 0 Å². The average molecular weight is 280 g/mol. The molecule has 20 heavy (non-hydrogen) atoms. The van der Waals surface area contributed by atoms with E-state index in [4.69, 9.17) is 0 Å². The highest BCUT2D eigenvalue weighted by Crippen LogP contribution is 2.18. The minimum atomic E-state index is -0.276. The lowest BCUT2D eigenvalue weighted by Gasteiger charge is -2.28. The number of nitrogens with one attached hydrogen (secondary N) is 1. The van der Waals surface area contributed by atoms with Crippen LogP contribution in [0.2, 0.25) is 0 Å². The Morgan fingerprint density at radius 1 is 1.30 bits per heavy atom. The smallest absolute Gasteiger partial charge is 0.317 e. The van der Waals surface area contributed by atoms with E-state index in [0.717, 1.165) is 31.2 Å². The second-order valence-electron chi connectivity index (χ2n) is 5.44. The van der Waals surface area contributed by atoms with E-state index >= 15 is 0 Å². The number of nitrogens with zero attached hydrogens (tertiary/aromatic N) is 1. The van der Waals surface area contributed by atoms with Crippen LogP contribution in [0.5, 0.6) is 0 Å². The van der Waals surface area contributed by atoms with Gasteiger partial charge in [-0.05, 0) is 43.4 Å². The van der Waals surface area contributed by atoms with Crippen molar-refractivity contribution in [1.29, 1.82) is 0 Å². The summed E-state index contributed by atoms with van der Waals surface area (Å²) in [6.07, 6.45) is 2.90. The van der Waals surface area contributed by atoms with Crippen LogP contribution in [0.15, 0.2) is 24.3 Å². The molecular formula is C15H21FN2O2. The number of amides is 2. The Bertz CT molecular complexity index is 442. The summed E-state index contributed by atoms with van der Waals surface area (Å²) in [5, 5.41) is 12.4. The van der Waals surface area contributed by atoms with E-state index in [1.54, 1.807) is 24.1 Å². The molecule has 0 saturated heterocycles. The number of carbonyl (C=O) groups excluding carboxylic acids is 1. The van der Waals surface area contributed by atoms with Crippen molar-refractivity contribution in [2.75, 3.05) is 7.05 Å². The van der Waals surface area contributed by atoms with Crippen molar-refractivity contribution in [2.24, 2.45) is 0 Å². The summed E-state index contributed by atoms with van der Waals surface area (Å²) >= 11 is 0. The first kappa shape index (κ1) is 14.8. The molecular weight excluding hydrogens is 259 g/mol. The van der Waals surface area contributed by atoms with Crippen LogP contribution in [0, 0.1) is 5.82 Å². The van der Waals surface area contributed by atoms with Crippen molar-refractivity contribution in [3.05, 3.63) is 35.6 Å². The van der Waals surface area contributed by atoms with Gasteiger partial charge in [0.2, 0.25) is 0 Å². The predicted molar refractivity (Wildman–Crippen MR) is 74.7 cm³/mol. The number of urea groups is 1. The minimum absolute atomic E-state index is 0.129. The molecule has 0 bridgehead atoms. The third-order valence-electron chi connectivity index (χ3n) is 3.70. The number of hydrogen-bond donors (Lipinski definition) is 2. The van der Waals surface area contributed by atoms with Crippen LogP contribution in [0.1, 0.15) is 31.2 Å². The van der Waals surface area contributed by atoms with E-state index < -0.39 is 0 Å². The van der Waals surface area contributed by atoms with Crippen molar-refractivity contribution in [3.63, 3.8) is 0 Å². The molecule has 2 amide bonds. The molecule has 0 heterocycles. The van der Waals surface area contributed by atoms with Gasteiger partial charge in [0, 0.05) is 19.6 Å². The molecule has 110 valence electrons. The Labute approximate surface area is 118 Å². The second kappa shape index (κ2) is 6.70. The van der Waals surface area contributed by atoms with E-state index in [1.807, 2.05) is 0 Å². The fraction of sp³-hybridized carbons (Fsp3) is 0.533. The van der Waals surface area contributed by atoms with Crippen LogP contribution in [0.4, 0.5) is 9.18 Å². The number of hydrogen-bond acceptors (Lipinski definition) is 2. The molecule has 0 unspecified atom stereocenters. The Hall–Kier alpha value is -1.62. The molecule has 0 radical (unpaired) electrons. The third-order valence-corrected chi connectivity index (χ3v) is 3.70. The number of aliphatic hydroxyl groups is 1. The zero-order valence-electron chi connectivity index (χ0n) is 11.7. The van der Waals surface area contributed by atoms with Crippen LogP contribution in [0.3, 0.4) is 0 Å². The Balaban J connectivity index is 1.81. The lowest BCUT2D eigenvalue weighted by molar-refractivity contribution is 0.115. The zero-order valence-corrected chi connectivity index (χ0v) is 11.7. The van der Waals surface area contributed by atoms with Gasteiger partial charge in [0.25, 0.3) is 0 Å². The predicted octanol–water partition coefficient (Wildman–Crippen LogP) is 2.27. The van der Waals surface area contributed by atoms with Gasteiger partial charge in [-0.3, -0.25) is 0 Å². The van der Waals surface area contributed by atoms with E-state index in [-0.39, 0.29) is 24.0 Å². The molecule has 1 fully saturated rings. The van der Waals surface area contributed by atoms with Gasteiger partial charge in [-0.1, -0.05) is 12.1 Å². The Morgan fingerprint density at radius 2 is 1.90 bits per heavy atom. The first-order chi connectivity index (χ1) is 9.54. The van der Waals surface area contributed by atoms with E-state index in [1.165, 1.54) is 12.1 Å². The highest BCUT2D eigenvalue weighted by atomic mass is 19.1. The fourth-order valence-corrected chi connectivity index (χ4v) is 2.44. The summed E-state index contributed by atoms with van der Waals surface area (Å²) in [6, 6.07) is 6.15. The monoisotopic (exact) mass is 280 g/mol. The Morgan fingerprint density at radius 3 is 2.50 bits per heavy atom. The van der Waals surface area contributed by atoms with Crippen LogP contribution in [-0.2, 0) is 6.54 Å². The summed E-state index contributed by atoms with van der Waals surface area (Å²) in [7, 11) is 1.72. The van der Waals surface area contributed by atoms with Gasteiger partial charge in [0.05, 0.1) is 6.10 Å². The average Bonchev–Trinajstić information content (AvgIpc) is 2.44. The molecule has 1 aromatic carbocycles. The van der Waals surface area contributed by atoms with E-state index in [2.05, 4.69) is 5.32 Å². The van der Waals surface area contributed by atoms with Crippen LogP contribution in [0.25, 0.3) is 0 Å². The molecule has 4 nitrogen and oxygen atoms in total. The molecule has 0 aliphatic heterocycles. The highest BCUT2D eigenvalue weighted by Gasteiger charge is 2.21. The Kier molecular flexibility index (Phi) is 4.95. The highest BCUT2D eigenvalue weighted by molar-refractivity contribution is 5.74. The van der Waals surface area contributed by atoms with Crippen molar-refractivity contribution >= 4 is 6.03 Å². The number of halogens is 1. The van der Waals surface area contributed by atoms with Gasteiger partial charge in [-0.25, -0.2) is 9.18 Å². The molecule has 1 aromatic rings. The minimum Gasteiger partial charge on any atom is -0.393 e. The molecule has 1 saturated carbocycles. The van der Waals surface area contributed by atoms with Gasteiger partial charge in [-0.2, -0.15) is 0 Å². The lowest BCUT2D eigenvalue weighted by Crippen LogP contribution is -2.44. The van der Waals surface area contributed by atoms with Crippen molar-refractivity contribution in [3.8, 4) is 0 Å². The first-order valence-electron chi connectivity index (χ1n) is 6.98. The number of benzene rings is 1. The molecule has 2 N–H and O–H groups in total. The second-order valence-corrected chi connectivity index (χ2v) is 5.44. The van der Waals surface area contributed by atoms with Gasteiger partial charge in [0.15, 0.2) is 0 Å². The summed E-state index contributed by atoms with van der Waals surface area (Å²) in [5.74, 6) is -0.276. The van der Waals surface area contributed by atoms with E-state index in [0.29, 0.717) is 6.54 Å². The number of aliphatic hydroxyl groups excluding tert-OH is 1. The normalized spacial score (nSPS) is 22.4. The lowest BCUT2D eigenvalue weighted by atomic mass is 9.93. The molecule has 5 heteroatoms. The fourth-order valence-electron chi connectivity index (χ4n) is 2.44. The molecule has 0 atom stereocenters. The van der Waals surface area contributed by atoms with Crippen molar-refractivity contribution in [2.45, 2.75) is 44.4 Å². The van der Waals surface area contributed by atoms with Crippen LogP contribution in [-0.4, -0.2) is 35.2 Å². The summed E-state index contributed by atoms with van der Waals surface area (Å²) in [5.41, 5.74) is 0.892. The maximum atomic E-state index is 12.8. The molecule has 0 aromatic heterocycles. The molecule has 2 rings (SSSR count). The van der Waals surface area contributed by atoms with E-state index in [9.17, 15) is 14.3 Å². The standard InChI is InChI=1S/C15H21FN2O2/c1-18(10-11-2-4-12(16)5-3-11)15(20)17-13-6-8-14(19)9-7-13/h2-5,13-14,19H,6-10H2,1H3,(H,17,20). The van der Waals surface area contributed by atoms with Crippen LogP contribution >= 0.6 is 0 Å². The van der Waals surface area contributed by atoms with Crippen LogP contribution < -0.4 is 5.32 Å². The third kappa shape index (κ3) is 4.20. The van der Waals surface area contributed by atoms with Gasteiger partial charge in [0.1, 0.15) is 5.82 Å². The van der Waals surface area contributed by atoms with Crippen molar-refractivity contribution in [1.82, 2.24) is 10.2 Å². The summed E-state index contributed by atoms with van der Waals surface area (Å²) < 4.78 is 12.8. The summed E-state index contributed by atoms with van der Waals surface area (Å²) in [6.45, 7) is 0.446. The number of carbonyl (C=O) groups is 1. The van der Waals surface area contributed by atoms with Gasteiger partial charge >= 0.3 is 6.03 Å². The SMILES string of the molecule is CN(Cc1ccc(F)cc1)C(=O)NC1CCC(O)CC1. The number of rotatable bonds is 3. The topological polar surface area (TPSA) is 52.6 Å².